The van der Waals surface area contributed by atoms with E-state index >= 15 is 0 Å². The number of aliphatic hydroxyl groups is 1. The molecule has 1 saturated heterocycles. The summed E-state index contributed by atoms with van der Waals surface area (Å²) in [5.41, 5.74) is 0.792. The fourth-order valence-electron chi connectivity index (χ4n) is 2.71. The van der Waals surface area contributed by atoms with E-state index in [-0.39, 0.29) is 11.5 Å². The van der Waals surface area contributed by atoms with Crippen LogP contribution in [0.1, 0.15) is 25.3 Å². The van der Waals surface area contributed by atoms with Crippen LogP contribution in [0.5, 0.6) is 0 Å². The summed E-state index contributed by atoms with van der Waals surface area (Å²) in [4.78, 5) is 2.24. The van der Waals surface area contributed by atoms with Gasteiger partial charge in [0.15, 0.2) is 0 Å². The molecule has 1 aliphatic heterocycles. The quantitative estimate of drug-likeness (QED) is 0.883. The molecular formula is C15H20N2O. The molecule has 0 radical (unpaired) electrons. The van der Waals surface area contributed by atoms with Crippen LogP contribution in [0.4, 0.5) is 0 Å². The predicted octanol–water partition coefficient (Wildman–Crippen LogP) is 1.92. The lowest BCUT2D eigenvalue weighted by Crippen LogP contribution is -2.44. The number of nitriles is 1. The average Bonchev–Trinajstić information content (AvgIpc) is 2.40. The van der Waals surface area contributed by atoms with Gasteiger partial charge >= 0.3 is 0 Å². The molecule has 2 rings (SSSR count). The van der Waals surface area contributed by atoms with Crippen LogP contribution in [0.3, 0.4) is 0 Å². The molecule has 1 unspecified atom stereocenters. The van der Waals surface area contributed by atoms with Crippen molar-refractivity contribution in [3.63, 3.8) is 0 Å². The van der Waals surface area contributed by atoms with Gasteiger partial charge in [-0.2, -0.15) is 5.26 Å². The van der Waals surface area contributed by atoms with Gasteiger partial charge in [0.1, 0.15) is 0 Å². The minimum absolute atomic E-state index is 0.295. The number of aliphatic hydroxyl groups excluding tert-OH is 1. The Hall–Kier alpha value is -1.37. The van der Waals surface area contributed by atoms with Crippen molar-refractivity contribution in [2.45, 2.75) is 31.3 Å². The van der Waals surface area contributed by atoms with Crippen molar-refractivity contribution in [1.82, 2.24) is 4.90 Å². The Morgan fingerprint density at radius 1 is 1.33 bits per heavy atom. The molecule has 3 heteroatoms. The van der Waals surface area contributed by atoms with Crippen molar-refractivity contribution in [2.24, 2.45) is 0 Å². The minimum atomic E-state index is -0.337. The summed E-state index contributed by atoms with van der Waals surface area (Å²) in [6.45, 7) is 4.28. The molecule has 0 amide bonds. The molecule has 0 aliphatic carbocycles. The fraction of sp³-hybridized carbons (Fsp3) is 0.533. The normalized spacial score (nSPS) is 21.2. The second-order valence-electron chi connectivity index (χ2n) is 5.21. The molecule has 1 atom stereocenters. The average molecular weight is 244 g/mol. The standard InChI is InChI=1S/C15H20N2O/c1-13(18)11-17-9-7-15(12-16,8-10-17)14-5-3-2-4-6-14/h2-6,13,18H,7-11H2,1H3. The number of rotatable bonds is 3. The highest BCUT2D eigenvalue weighted by Crippen LogP contribution is 2.34. The first kappa shape index (κ1) is 13.1. The van der Waals surface area contributed by atoms with E-state index in [2.05, 4.69) is 11.0 Å². The zero-order chi connectivity index (χ0) is 13.0. The van der Waals surface area contributed by atoms with Crippen molar-refractivity contribution >= 4 is 0 Å². The maximum absolute atomic E-state index is 9.55. The Labute approximate surface area is 109 Å². The highest BCUT2D eigenvalue weighted by molar-refractivity contribution is 5.33. The lowest BCUT2D eigenvalue weighted by molar-refractivity contribution is 0.101. The van der Waals surface area contributed by atoms with E-state index in [1.165, 1.54) is 0 Å². The number of hydrogen-bond acceptors (Lipinski definition) is 3. The van der Waals surface area contributed by atoms with Gasteiger partial charge in [0, 0.05) is 19.6 Å². The van der Waals surface area contributed by atoms with Crippen LogP contribution < -0.4 is 0 Å². The van der Waals surface area contributed by atoms with E-state index in [0.717, 1.165) is 31.5 Å². The maximum atomic E-state index is 9.55. The Kier molecular flexibility index (Phi) is 4.00. The van der Waals surface area contributed by atoms with Crippen LogP contribution >= 0.6 is 0 Å². The van der Waals surface area contributed by atoms with Crippen LogP contribution in [0.25, 0.3) is 0 Å². The molecule has 3 nitrogen and oxygen atoms in total. The monoisotopic (exact) mass is 244 g/mol. The van der Waals surface area contributed by atoms with Gasteiger partial charge in [-0.3, -0.25) is 0 Å². The van der Waals surface area contributed by atoms with Gasteiger partial charge in [-0.05, 0) is 25.3 Å². The van der Waals surface area contributed by atoms with Gasteiger partial charge < -0.3 is 10.0 Å². The maximum Gasteiger partial charge on any atom is 0.0846 e. The Balaban J connectivity index is 2.08. The number of β-amino-alcohol motifs (C(OH)–C–C–N with tert-alkyl or cyclic N) is 1. The number of hydrogen-bond donors (Lipinski definition) is 1. The summed E-state index contributed by atoms with van der Waals surface area (Å²) in [6.07, 6.45) is 1.40. The van der Waals surface area contributed by atoms with Crippen molar-refractivity contribution in [3.8, 4) is 6.07 Å². The van der Waals surface area contributed by atoms with Gasteiger partial charge in [0.05, 0.1) is 17.6 Å². The highest BCUT2D eigenvalue weighted by Gasteiger charge is 2.36. The molecule has 96 valence electrons. The number of benzene rings is 1. The third kappa shape index (κ3) is 2.72. The minimum Gasteiger partial charge on any atom is -0.392 e. The van der Waals surface area contributed by atoms with Crippen molar-refractivity contribution in [3.05, 3.63) is 35.9 Å². The van der Waals surface area contributed by atoms with Crippen LogP contribution in [0, 0.1) is 11.3 Å². The lowest BCUT2D eigenvalue weighted by Gasteiger charge is -2.38. The summed E-state index contributed by atoms with van der Waals surface area (Å²) >= 11 is 0. The number of piperidine rings is 1. The first-order valence-corrected chi connectivity index (χ1v) is 6.53. The molecule has 1 N–H and O–H groups in total. The van der Waals surface area contributed by atoms with Crippen molar-refractivity contribution in [2.75, 3.05) is 19.6 Å². The highest BCUT2D eigenvalue weighted by atomic mass is 16.3. The molecule has 0 saturated carbocycles. The molecule has 18 heavy (non-hydrogen) atoms. The third-order valence-corrected chi connectivity index (χ3v) is 3.77. The Morgan fingerprint density at radius 3 is 2.44 bits per heavy atom. The first-order valence-electron chi connectivity index (χ1n) is 6.53. The van der Waals surface area contributed by atoms with Crippen LogP contribution in [0.2, 0.25) is 0 Å². The van der Waals surface area contributed by atoms with E-state index in [4.69, 9.17) is 0 Å². The predicted molar refractivity (Wildman–Crippen MR) is 71.1 cm³/mol. The summed E-state index contributed by atoms with van der Waals surface area (Å²) in [6, 6.07) is 12.6. The SMILES string of the molecule is CC(O)CN1CCC(C#N)(c2ccccc2)CC1. The second-order valence-corrected chi connectivity index (χ2v) is 5.21. The molecule has 0 spiro atoms. The van der Waals surface area contributed by atoms with E-state index < -0.39 is 0 Å². The van der Waals surface area contributed by atoms with E-state index in [1.54, 1.807) is 0 Å². The molecule has 0 bridgehead atoms. The van der Waals surface area contributed by atoms with Crippen molar-refractivity contribution < 1.29 is 5.11 Å². The molecule has 1 heterocycles. The molecule has 1 aromatic carbocycles. The van der Waals surface area contributed by atoms with Crippen LogP contribution in [-0.4, -0.2) is 35.7 Å². The molecule has 1 aromatic rings. The van der Waals surface area contributed by atoms with Crippen LogP contribution in [-0.2, 0) is 5.41 Å². The largest absolute Gasteiger partial charge is 0.392 e. The first-order chi connectivity index (χ1) is 8.66. The van der Waals surface area contributed by atoms with Gasteiger partial charge in [0.2, 0.25) is 0 Å². The van der Waals surface area contributed by atoms with Crippen LogP contribution in [0.15, 0.2) is 30.3 Å². The van der Waals surface area contributed by atoms with Gasteiger partial charge in [-0.1, -0.05) is 30.3 Å². The zero-order valence-electron chi connectivity index (χ0n) is 10.8. The lowest BCUT2D eigenvalue weighted by atomic mass is 9.74. The molecular weight excluding hydrogens is 224 g/mol. The zero-order valence-corrected chi connectivity index (χ0v) is 10.8. The topological polar surface area (TPSA) is 47.3 Å². The molecule has 1 fully saturated rings. The Bertz CT molecular complexity index is 414. The molecule has 0 aromatic heterocycles. The Morgan fingerprint density at radius 2 is 1.94 bits per heavy atom. The second kappa shape index (κ2) is 5.51. The molecule has 1 aliphatic rings. The summed E-state index contributed by atoms with van der Waals surface area (Å²) < 4.78 is 0. The number of nitrogens with zero attached hydrogens (tertiary/aromatic N) is 2. The fourth-order valence-corrected chi connectivity index (χ4v) is 2.71. The van der Waals surface area contributed by atoms with Gasteiger partial charge in [-0.25, -0.2) is 0 Å². The van der Waals surface area contributed by atoms with E-state index in [1.807, 2.05) is 37.3 Å². The summed E-state index contributed by atoms with van der Waals surface area (Å²) in [5, 5.41) is 18.9. The third-order valence-electron chi connectivity index (χ3n) is 3.77. The van der Waals surface area contributed by atoms with Gasteiger partial charge in [-0.15, -0.1) is 0 Å². The summed E-state index contributed by atoms with van der Waals surface area (Å²) in [7, 11) is 0. The van der Waals surface area contributed by atoms with E-state index in [9.17, 15) is 10.4 Å². The van der Waals surface area contributed by atoms with E-state index in [0.29, 0.717) is 6.54 Å². The summed E-state index contributed by atoms with van der Waals surface area (Å²) in [5.74, 6) is 0. The van der Waals surface area contributed by atoms with Gasteiger partial charge in [0.25, 0.3) is 0 Å². The van der Waals surface area contributed by atoms with Crippen molar-refractivity contribution in [1.29, 1.82) is 5.26 Å². The number of likely N-dealkylation sites (tertiary alicyclic amines) is 1. The smallest absolute Gasteiger partial charge is 0.0846 e.